The van der Waals surface area contributed by atoms with Crippen LogP contribution < -0.4 is 5.73 Å². The fourth-order valence-corrected chi connectivity index (χ4v) is 2.26. The standard InChI is InChI=1S/C15H21N3/c1-11(16)9-15-12(2)17-18(13(15)3)10-14-7-5-4-6-8-14/h4-8,11H,9-10,16H2,1-3H3. The second-order valence-corrected chi connectivity index (χ2v) is 4.97. The van der Waals surface area contributed by atoms with E-state index in [-0.39, 0.29) is 6.04 Å². The van der Waals surface area contributed by atoms with E-state index in [9.17, 15) is 0 Å². The van der Waals surface area contributed by atoms with Crippen LogP contribution in [0, 0.1) is 13.8 Å². The SMILES string of the molecule is Cc1nn(Cc2ccccc2)c(C)c1CC(C)N. The number of aryl methyl sites for hydroxylation is 1. The average molecular weight is 243 g/mol. The highest BCUT2D eigenvalue weighted by atomic mass is 15.3. The Bertz CT molecular complexity index is 512. The van der Waals surface area contributed by atoms with Crippen LogP contribution in [0.15, 0.2) is 30.3 Å². The van der Waals surface area contributed by atoms with Crippen LogP contribution >= 0.6 is 0 Å². The van der Waals surface area contributed by atoms with Crippen LogP contribution in [0.3, 0.4) is 0 Å². The lowest BCUT2D eigenvalue weighted by Crippen LogP contribution is -2.18. The van der Waals surface area contributed by atoms with E-state index in [1.807, 2.05) is 13.0 Å². The monoisotopic (exact) mass is 243 g/mol. The molecule has 0 saturated carbocycles. The number of nitrogens with zero attached hydrogens (tertiary/aromatic N) is 2. The molecule has 18 heavy (non-hydrogen) atoms. The molecule has 0 aliphatic heterocycles. The predicted molar refractivity (Wildman–Crippen MR) is 74.6 cm³/mol. The molecule has 2 N–H and O–H groups in total. The summed E-state index contributed by atoms with van der Waals surface area (Å²) < 4.78 is 2.07. The molecule has 0 radical (unpaired) electrons. The van der Waals surface area contributed by atoms with Gasteiger partial charge in [0.1, 0.15) is 0 Å². The van der Waals surface area contributed by atoms with Gasteiger partial charge in [0.2, 0.25) is 0 Å². The van der Waals surface area contributed by atoms with Gasteiger partial charge in [-0.15, -0.1) is 0 Å². The normalized spacial score (nSPS) is 12.7. The summed E-state index contributed by atoms with van der Waals surface area (Å²) in [5, 5.41) is 4.62. The van der Waals surface area contributed by atoms with E-state index in [1.165, 1.54) is 16.8 Å². The molecule has 2 aromatic rings. The Labute approximate surface area is 109 Å². The van der Waals surface area contributed by atoms with Gasteiger partial charge in [-0.05, 0) is 38.3 Å². The van der Waals surface area contributed by atoms with Crippen LogP contribution in [0.4, 0.5) is 0 Å². The second-order valence-electron chi connectivity index (χ2n) is 4.97. The van der Waals surface area contributed by atoms with Gasteiger partial charge < -0.3 is 5.73 Å². The summed E-state index contributed by atoms with van der Waals surface area (Å²) in [5.74, 6) is 0. The number of benzene rings is 1. The Morgan fingerprint density at radius 1 is 1.22 bits per heavy atom. The summed E-state index contributed by atoms with van der Waals surface area (Å²) in [6, 6.07) is 10.6. The molecule has 96 valence electrons. The number of hydrogen-bond donors (Lipinski definition) is 1. The Balaban J connectivity index is 2.25. The highest BCUT2D eigenvalue weighted by molar-refractivity contribution is 5.26. The summed E-state index contributed by atoms with van der Waals surface area (Å²) >= 11 is 0. The molecule has 0 bridgehead atoms. The molecule has 0 aliphatic rings. The van der Waals surface area contributed by atoms with E-state index >= 15 is 0 Å². The van der Waals surface area contributed by atoms with Crippen molar-refractivity contribution in [1.82, 2.24) is 9.78 Å². The maximum atomic E-state index is 5.89. The lowest BCUT2D eigenvalue weighted by Gasteiger charge is -2.07. The molecule has 2 rings (SSSR count). The molecular formula is C15H21N3. The van der Waals surface area contributed by atoms with Crippen LogP contribution in [0.25, 0.3) is 0 Å². The van der Waals surface area contributed by atoms with Crippen LogP contribution in [-0.4, -0.2) is 15.8 Å². The topological polar surface area (TPSA) is 43.8 Å². The Kier molecular flexibility index (Phi) is 3.82. The third-order valence-corrected chi connectivity index (χ3v) is 3.23. The van der Waals surface area contributed by atoms with Crippen molar-refractivity contribution in [3.63, 3.8) is 0 Å². The zero-order chi connectivity index (χ0) is 13.1. The third kappa shape index (κ3) is 2.79. The highest BCUT2D eigenvalue weighted by Gasteiger charge is 2.12. The van der Waals surface area contributed by atoms with Gasteiger partial charge in [-0.25, -0.2) is 0 Å². The lowest BCUT2D eigenvalue weighted by molar-refractivity contribution is 0.656. The molecular weight excluding hydrogens is 222 g/mol. The molecule has 1 aromatic heterocycles. The molecule has 1 heterocycles. The van der Waals surface area contributed by atoms with Crippen molar-refractivity contribution in [2.45, 2.75) is 39.8 Å². The molecule has 1 atom stereocenters. The van der Waals surface area contributed by atoms with Crippen LogP contribution in [0.1, 0.15) is 29.4 Å². The van der Waals surface area contributed by atoms with Crippen molar-refractivity contribution in [2.24, 2.45) is 5.73 Å². The van der Waals surface area contributed by atoms with Gasteiger partial charge in [0.05, 0.1) is 12.2 Å². The van der Waals surface area contributed by atoms with Crippen molar-refractivity contribution in [3.8, 4) is 0 Å². The van der Waals surface area contributed by atoms with Gasteiger partial charge >= 0.3 is 0 Å². The van der Waals surface area contributed by atoms with E-state index in [1.54, 1.807) is 0 Å². The fourth-order valence-electron chi connectivity index (χ4n) is 2.26. The fraction of sp³-hybridized carbons (Fsp3) is 0.400. The van der Waals surface area contributed by atoms with E-state index in [0.717, 1.165) is 18.7 Å². The smallest absolute Gasteiger partial charge is 0.0662 e. The highest BCUT2D eigenvalue weighted by Crippen LogP contribution is 2.16. The first-order chi connectivity index (χ1) is 8.58. The maximum Gasteiger partial charge on any atom is 0.0662 e. The zero-order valence-electron chi connectivity index (χ0n) is 11.4. The molecule has 0 amide bonds. The average Bonchev–Trinajstić information content (AvgIpc) is 2.58. The van der Waals surface area contributed by atoms with Crippen LogP contribution in [0.2, 0.25) is 0 Å². The predicted octanol–water partition coefficient (Wildman–Crippen LogP) is 2.44. The summed E-state index contributed by atoms with van der Waals surface area (Å²) in [7, 11) is 0. The molecule has 3 heteroatoms. The van der Waals surface area contributed by atoms with Gasteiger partial charge in [-0.3, -0.25) is 4.68 Å². The first kappa shape index (κ1) is 12.8. The summed E-state index contributed by atoms with van der Waals surface area (Å²) in [6.07, 6.45) is 0.895. The largest absolute Gasteiger partial charge is 0.328 e. The van der Waals surface area contributed by atoms with Crippen molar-refractivity contribution in [1.29, 1.82) is 0 Å². The molecule has 0 saturated heterocycles. The minimum absolute atomic E-state index is 0.178. The van der Waals surface area contributed by atoms with Gasteiger partial charge in [0.25, 0.3) is 0 Å². The van der Waals surface area contributed by atoms with E-state index in [0.29, 0.717) is 0 Å². The van der Waals surface area contributed by atoms with Crippen LogP contribution in [0.5, 0.6) is 0 Å². The molecule has 1 aromatic carbocycles. The van der Waals surface area contributed by atoms with Gasteiger partial charge in [-0.2, -0.15) is 5.10 Å². The number of rotatable bonds is 4. The van der Waals surface area contributed by atoms with E-state index in [4.69, 9.17) is 5.73 Å². The van der Waals surface area contributed by atoms with Gasteiger partial charge in [0.15, 0.2) is 0 Å². The van der Waals surface area contributed by atoms with Crippen molar-refractivity contribution in [3.05, 3.63) is 52.8 Å². The van der Waals surface area contributed by atoms with Crippen molar-refractivity contribution < 1.29 is 0 Å². The quantitative estimate of drug-likeness (QED) is 0.896. The summed E-state index contributed by atoms with van der Waals surface area (Å²) in [6.45, 7) is 7.05. The Morgan fingerprint density at radius 3 is 2.50 bits per heavy atom. The first-order valence-electron chi connectivity index (χ1n) is 6.40. The second kappa shape index (κ2) is 5.36. The number of hydrogen-bond acceptors (Lipinski definition) is 2. The van der Waals surface area contributed by atoms with Gasteiger partial charge in [-0.1, -0.05) is 30.3 Å². The minimum atomic E-state index is 0.178. The van der Waals surface area contributed by atoms with Crippen molar-refractivity contribution >= 4 is 0 Å². The van der Waals surface area contributed by atoms with Gasteiger partial charge in [0, 0.05) is 11.7 Å². The minimum Gasteiger partial charge on any atom is -0.328 e. The Morgan fingerprint density at radius 2 is 1.89 bits per heavy atom. The molecule has 0 spiro atoms. The van der Waals surface area contributed by atoms with Crippen molar-refractivity contribution in [2.75, 3.05) is 0 Å². The number of nitrogens with two attached hydrogens (primary N) is 1. The zero-order valence-corrected chi connectivity index (χ0v) is 11.4. The third-order valence-electron chi connectivity index (χ3n) is 3.23. The molecule has 3 nitrogen and oxygen atoms in total. The molecule has 0 fully saturated rings. The van der Waals surface area contributed by atoms with E-state index < -0.39 is 0 Å². The summed E-state index contributed by atoms with van der Waals surface area (Å²) in [5.41, 5.74) is 10.8. The summed E-state index contributed by atoms with van der Waals surface area (Å²) in [4.78, 5) is 0. The Hall–Kier alpha value is -1.61. The molecule has 1 unspecified atom stereocenters. The maximum absolute atomic E-state index is 5.89. The first-order valence-corrected chi connectivity index (χ1v) is 6.40. The molecule has 0 aliphatic carbocycles. The lowest BCUT2D eigenvalue weighted by atomic mass is 10.1. The van der Waals surface area contributed by atoms with E-state index in [2.05, 4.69) is 47.9 Å². The number of aromatic nitrogens is 2. The van der Waals surface area contributed by atoms with Crippen LogP contribution in [-0.2, 0) is 13.0 Å².